The maximum absolute atomic E-state index is 12.6. The van der Waals surface area contributed by atoms with Gasteiger partial charge in [0.15, 0.2) is 0 Å². The molecule has 0 spiro atoms. The number of sulfonamides is 1. The fourth-order valence-corrected chi connectivity index (χ4v) is 3.82. The second kappa shape index (κ2) is 5.72. The van der Waals surface area contributed by atoms with E-state index in [0.717, 1.165) is 19.3 Å². The molecule has 0 saturated heterocycles. The van der Waals surface area contributed by atoms with Gasteiger partial charge in [0.05, 0.1) is 10.5 Å². The molecule has 19 heavy (non-hydrogen) atoms. The van der Waals surface area contributed by atoms with Crippen LogP contribution in [0, 0.1) is 17.2 Å². The van der Waals surface area contributed by atoms with E-state index in [4.69, 9.17) is 5.26 Å². The van der Waals surface area contributed by atoms with Crippen molar-refractivity contribution in [2.75, 3.05) is 13.1 Å². The molecule has 0 aliphatic heterocycles. The lowest BCUT2D eigenvalue weighted by Crippen LogP contribution is -2.34. The van der Waals surface area contributed by atoms with Gasteiger partial charge in [-0.05, 0) is 37.3 Å². The topological polar surface area (TPSA) is 61.2 Å². The highest BCUT2D eigenvalue weighted by molar-refractivity contribution is 7.89. The van der Waals surface area contributed by atoms with Gasteiger partial charge in [-0.2, -0.15) is 9.57 Å². The highest BCUT2D eigenvalue weighted by Gasteiger charge is 2.32. The second-order valence-electron chi connectivity index (χ2n) is 4.91. The molecule has 1 fully saturated rings. The van der Waals surface area contributed by atoms with E-state index in [0.29, 0.717) is 19.0 Å². The molecule has 0 N–H and O–H groups in total. The molecule has 0 heterocycles. The van der Waals surface area contributed by atoms with Gasteiger partial charge in [-0.1, -0.05) is 19.1 Å². The molecule has 0 radical (unpaired) electrons. The average Bonchev–Trinajstić information content (AvgIpc) is 3.22. The maximum Gasteiger partial charge on any atom is 0.244 e. The quantitative estimate of drug-likeness (QED) is 0.802. The first-order chi connectivity index (χ1) is 9.09. The normalized spacial score (nSPS) is 15.4. The van der Waals surface area contributed by atoms with Crippen LogP contribution in [0.5, 0.6) is 0 Å². The summed E-state index contributed by atoms with van der Waals surface area (Å²) in [6.07, 6.45) is 2.99. The Balaban J connectivity index is 2.35. The molecular formula is C14H18N2O2S. The van der Waals surface area contributed by atoms with Gasteiger partial charge in [0.1, 0.15) is 6.07 Å². The first-order valence-corrected chi connectivity index (χ1v) is 8.03. The van der Waals surface area contributed by atoms with Gasteiger partial charge in [-0.3, -0.25) is 0 Å². The van der Waals surface area contributed by atoms with Gasteiger partial charge >= 0.3 is 0 Å². The Hall–Kier alpha value is -1.38. The lowest BCUT2D eigenvalue weighted by atomic mass is 10.2. The second-order valence-corrected chi connectivity index (χ2v) is 6.82. The number of hydrogen-bond donors (Lipinski definition) is 0. The van der Waals surface area contributed by atoms with Crippen LogP contribution < -0.4 is 0 Å². The van der Waals surface area contributed by atoms with Crippen LogP contribution in [0.4, 0.5) is 0 Å². The minimum absolute atomic E-state index is 0.131. The summed E-state index contributed by atoms with van der Waals surface area (Å²) in [6.45, 7) is 3.06. The number of nitriles is 1. The summed E-state index contributed by atoms with van der Waals surface area (Å²) in [5.74, 6) is 0.496. The third-order valence-corrected chi connectivity index (χ3v) is 5.18. The first kappa shape index (κ1) is 14.0. The third-order valence-electron chi connectivity index (χ3n) is 3.26. The maximum atomic E-state index is 12.6. The average molecular weight is 278 g/mol. The number of benzene rings is 1. The predicted molar refractivity (Wildman–Crippen MR) is 72.9 cm³/mol. The Kier molecular flexibility index (Phi) is 4.23. The highest BCUT2D eigenvalue weighted by Crippen LogP contribution is 2.32. The minimum Gasteiger partial charge on any atom is -0.207 e. The Labute approximate surface area is 114 Å². The van der Waals surface area contributed by atoms with E-state index in [1.54, 1.807) is 18.2 Å². The van der Waals surface area contributed by atoms with Crippen LogP contribution in [0.2, 0.25) is 0 Å². The molecule has 0 atom stereocenters. The molecule has 1 aromatic carbocycles. The van der Waals surface area contributed by atoms with Gasteiger partial charge in [0, 0.05) is 13.1 Å². The van der Waals surface area contributed by atoms with Gasteiger partial charge in [-0.25, -0.2) is 8.42 Å². The van der Waals surface area contributed by atoms with Crippen LogP contribution >= 0.6 is 0 Å². The zero-order valence-electron chi connectivity index (χ0n) is 11.0. The van der Waals surface area contributed by atoms with Crippen LogP contribution in [0.1, 0.15) is 31.7 Å². The van der Waals surface area contributed by atoms with E-state index in [1.165, 1.54) is 10.4 Å². The fourth-order valence-electron chi connectivity index (χ4n) is 2.07. The summed E-state index contributed by atoms with van der Waals surface area (Å²) in [5.41, 5.74) is 0.222. The molecule has 2 rings (SSSR count). The van der Waals surface area contributed by atoms with Crippen molar-refractivity contribution in [3.05, 3.63) is 29.8 Å². The molecule has 5 heteroatoms. The molecule has 1 aromatic rings. The molecule has 1 aliphatic rings. The van der Waals surface area contributed by atoms with Gasteiger partial charge < -0.3 is 0 Å². The monoisotopic (exact) mass is 278 g/mol. The lowest BCUT2D eigenvalue weighted by molar-refractivity contribution is 0.395. The van der Waals surface area contributed by atoms with Gasteiger partial charge in [0.2, 0.25) is 10.0 Å². The van der Waals surface area contributed by atoms with Gasteiger partial charge in [0.25, 0.3) is 0 Å². The molecule has 1 aliphatic carbocycles. The molecular weight excluding hydrogens is 260 g/mol. The van der Waals surface area contributed by atoms with Crippen LogP contribution in [-0.2, 0) is 10.0 Å². The van der Waals surface area contributed by atoms with Crippen LogP contribution in [0.3, 0.4) is 0 Å². The van der Waals surface area contributed by atoms with E-state index >= 15 is 0 Å². The number of nitrogens with zero attached hydrogens (tertiary/aromatic N) is 2. The lowest BCUT2D eigenvalue weighted by Gasteiger charge is -2.22. The Bertz CT molecular complexity index is 586. The van der Waals surface area contributed by atoms with Crippen molar-refractivity contribution in [1.29, 1.82) is 5.26 Å². The molecule has 4 nitrogen and oxygen atoms in total. The highest BCUT2D eigenvalue weighted by atomic mass is 32.2. The number of rotatable bonds is 6. The minimum atomic E-state index is -3.55. The molecule has 0 amide bonds. The molecule has 0 aromatic heterocycles. The van der Waals surface area contributed by atoms with Crippen LogP contribution in [0.15, 0.2) is 29.2 Å². The smallest absolute Gasteiger partial charge is 0.207 e. The van der Waals surface area contributed by atoms with E-state index in [-0.39, 0.29) is 10.5 Å². The first-order valence-electron chi connectivity index (χ1n) is 6.59. The Morgan fingerprint density at radius 1 is 1.37 bits per heavy atom. The third kappa shape index (κ3) is 3.14. The number of hydrogen-bond acceptors (Lipinski definition) is 3. The predicted octanol–water partition coefficient (Wildman–Crippen LogP) is 2.37. The SMILES string of the molecule is CCCN(CC1CC1)S(=O)(=O)c1ccccc1C#N. The van der Waals surface area contributed by atoms with Crippen molar-refractivity contribution in [2.45, 2.75) is 31.1 Å². The largest absolute Gasteiger partial charge is 0.244 e. The summed E-state index contributed by atoms with van der Waals surface area (Å²) < 4.78 is 26.8. The van der Waals surface area contributed by atoms with Crippen LogP contribution in [-0.4, -0.2) is 25.8 Å². The molecule has 0 bridgehead atoms. The van der Waals surface area contributed by atoms with Crippen LogP contribution in [0.25, 0.3) is 0 Å². The van der Waals surface area contributed by atoms with E-state index < -0.39 is 10.0 Å². The summed E-state index contributed by atoms with van der Waals surface area (Å²) in [4.78, 5) is 0.131. The van der Waals surface area contributed by atoms with Crippen molar-refractivity contribution < 1.29 is 8.42 Å². The van der Waals surface area contributed by atoms with E-state index in [1.807, 2.05) is 13.0 Å². The fraction of sp³-hybridized carbons (Fsp3) is 0.500. The van der Waals surface area contributed by atoms with E-state index in [2.05, 4.69) is 0 Å². The Morgan fingerprint density at radius 2 is 2.05 bits per heavy atom. The van der Waals surface area contributed by atoms with Crippen molar-refractivity contribution in [3.8, 4) is 6.07 Å². The summed E-state index contributed by atoms with van der Waals surface area (Å²) in [6, 6.07) is 8.37. The van der Waals surface area contributed by atoms with Crippen molar-refractivity contribution in [3.63, 3.8) is 0 Å². The molecule has 0 unspecified atom stereocenters. The zero-order valence-corrected chi connectivity index (χ0v) is 11.9. The molecule has 1 saturated carbocycles. The van der Waals surface area contributed by atoms with Crippen molar-refractivity contribution in [2.24, 2.45) is 5.92 Å². The van der Waals surface area contributed by atoms with Gasteiger partial charge in [-0.15, -0.1) is 0 Å². The summed E-state index contributed by atoms with van der Waals surface area (Å²) >= 11 is 0. The Morgan fingerprint density at radius 3 is 2.63 bits per heavy atom. The van der Waals surface area contributed by atoms with Crippen molar-refractivity contribution in [1.82, 2.24) is 4.31 Å². The van der Waals surface area contributed by atoms with Crippen molar-refractivity contribution >= 4 is 10.0 Å². The zero-order chi connectivity index (χ0) is 13.9. The standard InChI is InChI=1S/C14H18N2O2S/c1-2-9-16(11-12-7-8-12)19(17,18)14-6-4-3-5-13(14)10-15/h3-6,12H,2,7-9,11H2,1H3. The summed E-state index contributed by atoms with van der Waals surface area (Å²) in [5, 5.41) is 9.05. The summed E-state index contributed by atoms with van der Waals surface area (Å²) in [7, 11) is -3.55. The molecule has 102 valence electrons. The van der Waals surface area contributed by atoms with E-state index in [9.17, 15) is 8.42 Å².